The van der Waals surface area contributed by atoms with Crippen molar-refractivity contribution in [3.05, 3.63) is 65.7 Å². The number of carbonyl (C=O) groups excluding carboxylic acids is 2. The summed E-state index contributed by atoms with van der Waals surface area (Å²) in [6, 6.07) is 16.4. The average molecular weight is 514 g/mol. The molecule has 0 heterocycles. The van der Waals surface area contributed by atoms with E-state index >= 15 is 0 Å². The van der Waals surface area contributed by atoms with Gasteiger partial charge < -0.3 is 10.2 Å². The summed E-state index contributed by atoms with van der Waals surface area (Å²) < 4.78 is 26.6. The van der Waals surface area contributed by atoms with Crippen molar-refractivity contribution in [2.75, 3.05) is 23.7 Å². The van der Waals surface area contributed by atoms with Gasteiger partial charge >= 0.3 is 0 Å². The fourth-order valence-corrected chi connectivity index (χ4v) is 5.79. The number of rotatable bonds is 11. The van der Waals surface area contributed by atoms with Crippen molar-refractivity contribution in [3.63, 3.8) is 0 Å². The second-order valence-corrected chi connectivity index (χ2v) is 11.6. The SMILES string of the molecule is CCC(C(=O)NC1CCCCC1)N(CCc1ccccc1)C(=O)CN(c1ccccc1C)S(C)(=O)=O. The number of hydrogen-bond donors (Lipinski definition) is 1. The Balaban J connectivity index is 1.86. The van der Waals surface area contributed by atoms with Gasteiger partial charge in [0, 0.05) is 12.6 Å². The second kappa shape index (κ2) is 12.9. The van der Waals surface area contributed by atoms with Crippen LogP contribution in [0.3, 0.4) is 0 Å². The summed E-state index contributed by atoms with van der Waals surface area (Å²) in [5, 5.41) is 3.16. The van der Waals surface area contributed by atoms with E-state index in [9.17, 15) is 18.0 Å². The van der Waals surface area contributed by atoms with Gasteiger partial charge in [-0.3, -0.25) is 13.9 Å². The molecule has 36 heavy (non-hydrogen) atoms. The summed E-state index contributed by atoms with van der Waals surface area (Å²) in [6.07, 6.45) is 7.41. The molecule has 1 saturated carbocycles. The zero-order chi connectivity index (χ0) is 26.1. The maximum atomic E-state index is 13.7. The van der Waals surface area contributed by atoms with E-state index in [1.165, 1.54) is 6.42 Å². The Hall–Kier alpha value is -2.87. The maximum absolute atomic E-state index is 13.7. The minimum Gasteiger partial charge on any atom is -0.352 e. The molecule has 1 fully saturated rings. The smallest absolute Gasteiger partial charge is 0.244 e. The third-order valence-electron chi connectivity index (χ3n) is 6.89. The van der Waals surface area contributed by atoms with Gasteiger partial charge in [-0.1, -0.05) is 74.7 Å². The molecule has 3 rings (SSSR count). The molecule has 0 radical (unpaired) electrons. The number of nitrogens with zero attached hydrogens (tertiary/aromatic N) is 2. The monoisotopic (exact) mass is 513 g/mol. The molecule has 8 heteroatoms. The highest BCUT2D eigenvalue weighted by molar-refractivity contribution is 7.92. The topological polar surface area (TPSA) is 86.8 Å². The van der Waals surface area contributed by atoms with Crippen molar-refractivity contribution in [1.82, 2.24) is 10.2 Å². The molecule has 7 nitrogen and oxygen atoms in total. The van der Waals surface area contributed by atoms with Gasteiger partial charge in [-0.2, -0.15) is 0 Å². The van der Waals surface area contributed by atoms with Crippen LogP contribution in [0.5, 0.6) is 0 Å². The van der Waals surface area contributed by atoms with Gasteiger partial charge in [0.05, 0.1) is 11.9 Å². The number of nitrogens with one attached hydrogen (secondary N) is 1. The molecule has 1 unspecified atom stereocenters. The molecule has 1 aliphatic rings. The maximum Gasteiger partial charge on any atom is 0.244 e. The fourth-order valence-electron chi connectivity index (χ4n) is 4.88. The van der Waals surface area contributed by atoms with Crippen molar-refractivity contribution >= 4 is 27.5 Å². The Bertz CT molecular complexity index is 1110. The molecule has 1 N–H and O–H groups in total. The molecule has 196 valence electrons. The normalized spacial score (nSPS) is 15.2. The van der Waals surface area contributed by atoms with Crippen LogP contribution in [-0.4, -0.2) is 56.6 Å². The molecule has 2 aromatic carbocycles. The molecule has 0 aliphatic heterocycles. The lowest BCUT2D eigenvalue weighted by atomic mass is 9.95. The largest absolute Gasteiger partial charge is 0.352 e. The number of amides is 2. The Morgan fingerprint density at radius 1 is 1.00 bits per heavy atom. The van der Waals surface area contributed by atoms with E-state index in [2.05, 4.69) is 5.32 Å². The molecule has 0 saturated heterocycles. The predicted octanol–water partition coefficient (Wildman–Crippen LogP) is 4.06. The number of carbonyl (C=O) groups is 2. The van der Waals surface area contributed by atoms with Gasteiger partial charge in [0.25, 0.3) is 0 Å². The molecule has 0 spiro atoms. The molecular weight excluding hydrogens is 474 g/mol. The molecule has 1 aliphatic carbocycles. The van der Waals surface area contributed by atoms with Crippen molar-refractivity contribution in [2.24, 2.45) is 0 Å². The van der Waals surface area contributed by atoms with Crippen molar-refractivity contribution in [1.29, 1.82) is 0 Å². The molecule has 2 amide bonds. The highest BCUT2D eigenvalue weighted by atomic mass is 32.2. The fraction of sp³-hybridized carbons (Fsp3) is 0.500. The summed E-state index contributed by atoms with van der Waals surface area (Å²) in [7, 11) is -3.73. The van der Waals surface area contributed by atoms with E-state index in [1.54, 1.807) is 17.0 Å². The van der Waals surface area contributed by atoms with Crippen LogP contribution in [0.15, 0.2) is 54.6 Å². The number of para-hydroxylation sites is 1. The van der Waals surface area contributed by atoms with Gasteiger partial charge in [0.15, 0.2) is 0 Å². The van der Waals surface area contributed by atoms with Crippen LogP contribution in [0.25, 0.3) is 0 Å². The zero-order valence-corrected chi connectivity index (χ0v) is 22.5. The third-order valence-corrected chi connectivity index (χ3v) is 8.01. The Morgan fingerprint density at radius 3 is 2.25 bits per heavy atom. The molecule has 2 aromatic rings. The number of benzene rings is 2. The van der Waals surface area contributed by atoms with Crippen LogP contribution in [-0.2, 0) is 26.0 Å². The van der Waals surface area contributed by atoms with E-state index in [0.29, 0.717) is 25.1 Å². The lowest BCUT2D eigenvalue weighted by molar-refractivity contribution is -0.140. The summed E-state index contributed by atoms with van der Waals surface area (Å²) in [6.45, 7) is 3.68. The van der Waals surface area contributed by atoms with Crippen LogP contribution in [0, 0.1) is 6.92 Å². The van der Waals surface area contributed by atoms with E-state index in [-0.39, 0.29) is 24.4 Å². The predicted molar refractivity (Wildman–Crippen MR) is 144 cm³/mol. The average Bonchev–Trinajstić information content (AvgIpc) is 2.86. The van der Waals surface area contributed by atoms with Crippen LogP contribution >= 0.6 is 0 Å². The van der Waals surface area contributed by atoms with Crippen LogP contribution in [0.1, 0.15) is 56.6 Å². The molecule has 0 aromatic heterocycles. The first-order chi connectivity index (χ1) is 17.2. The van der Waals surface area contributed by atoms with Gasteiger partial charge in [0.1, 0.15) is 12.6 Å². The van der Waals surface area contributed by atoms with Gasteiger partial charge in [-0.15, -0.1) is 0 Å². The van der Waals surface area contributed by atoms with Crippen LogP contribution < -0.4 is 9.62 Å². The van der Waals surface area contributed by atoms with Crippen molar-refractivity contribution in [3.8, 4) is 0 Å². The van der Waals surface area contributed by atoms with Crippen LogP contribution in [0.2, 0.25) is 0 Å². The van der Waals surface area contributed by atoms with Gasteiger partial charge in [-0.25, -0.2) is 8.42 Å². The van der Waals surface area contributed by atoms with Crippen molar-refractivity contribution < 1.29 is 18.0 Å². The molecule has 0 bridgehead atoms. The quantitative estimate of drug-likeness (QED) is 0.491. The van der Waals surface area contributed by atoms with Gasteiger partial charge in [0.2, 0.25) is 21.8 Å². The van der Waals surface area contributed by atoms with Gasteiger partial charge in [-0.05, 0) is 49.8 Å². The first-order valence-electron chi connectivity index (χ1n) is 12.9. The summed E-state index contributed by atoms with van der Waals surface area (Å²) >= 11 is 0. The van der Waals surface area contributed by atoms with E-state index in [1.807, 2.05) is 56.3 Å². The lowest BCUT2D eigenvalue weighted by Crippen LogP contribution is -2.54. The first-order valence-corrected chi connectivity index (χ1v) is 14.7. The summed E-state index contributed by atoms with van der Waals surface area (Å²) in [5.74, 6) is -0.544. The summed E-state index contributed by atoms with van der Waals surface area (Å²) in [5.41, 5.74) is 2.28. The number of sulfonamides is 1. The lowest BCUT2D eigenvalue weighted by Gasteiger charge is -2.34. The highest BCUT2D eigenvalue weighted by Gasteiger charge is 2.32. The molecule has 1 atom stereocenters. The standard InChI is InChI=1S/C28H39N3O4S/c1-4-25(28(33)29-24-16-9-6-10-17-24)30(20-19-23-14-7-5-8-15-23)27(32)21-31(36(3,34)35)26-18-12-11-13-22(26)2/h5,7-8,11-15,18,24-25H,4,6,9-10,16-17,19-21H2,1-3H3,(H,29,33). The minimum absolute atomic E-state index is 0.130. The highest BCUT2D eigenvalue weighted by Crippen LogP contribution is 2.23. The summed E-state index contributed by atoms with van der Waals surface area (Å²) in [4.78, 5) is 28.7. The van der Waals surface area contributed by atoms with E-state index < -0.39 is 16.1 Å². The first kappa shape index (κ1) is 27.7. The Kier molecular flexibility index (Phi) is 9.93. The number of anilines is 1. The number of aryl methyl sites for hydroxylation is 1. The second-order valence-electron chi connectivity index (χ2n) is 9.65. The Morgan fingerprint density at radius 2 is 1.64 bits per heavy atom. The van der Waals surface area contributed by atoms with Crippen LogP contribution in [0.4, 0.5) is 5.69 Å². The number of hydrogen-bond acceptors (Lipinski definition) is 4. The Labute approximate surface area is 215 Å². The zero-order valence-electron chi connectivity index (χ0n) is 21.7. The minimum atomic E-state index is -3.73. The van der Waals surface area contributed by atoms with E-state index in [4.69, 9.17) is 0 Å². The molecular formula is C28H39N3O4S. The van der Waals surface area contributed by atoms with E-state index in [0.717, 1.165) is 47.4 Å². The van der Waals surface area contributed by atoms with Crippen molar-refractivity contribution in [2.45, 2.75) is 70.9 Å². The third kappa shape index (κ3) is 7.56.